The van der Waals surface area contributed by atoms with Gasteiger partial charge < -0.3 is 10.3 Å². The van der Waals surface area contributed by atoms with Crippen LogP contribution < -0.4 is 14.9 Å². The average Bonchev–Trinajstić information content (AvgIpc) is 2.56. The number of nitrogens with one attached hydrogen (secondary N) is 3. The van der Waals surface area contributed by atoms with Crippen molar-refractivity contribution in [2.45, 2.75) is 24.1 Å². The summed E-state index contributed by atoms with van der Waals surface area (Å²) in [6.45, 7) is 2.90. The van der Waals surface area contributed by atoms with Crippen LogP contribution in [-0.4, -0.2) is 32.4 Å². The van der Waals surface area contributed by atoms with E-state index in [0.29, 0.717) is 11.3 Å². The fourth-order valence-corrected chi connectivity index (χ4v) is 3.72. The monoisotopic (exact) mass is 279 g/mol. The molecule has 0 aliphatic rings. The van der Waals surface area contributed by atoms with Gasteiger partial charge >= 0.3 is 4.87 Å². The first-order valence-electron chi connectivity index (χ1n) is 4.71. The summed E-state index contributed by atoms with van der Waals surface area (Å²) in [7, 11) is -2.44. The Hall–Kier alpha value is -1.19. The predicted octanol–water partition coefficient (Wildman–Crippen LogP) is -0.842. The van der Waals surface area contributed by atoms with Gasteiger partial charge in [0.25, 0.3) is 10.0 Å². The van der Waals surface area contributed by atoms with Crippen molar-refractivity contribution in [3.05, 3.63) is 15.4 Å². The summed E-state index contributed by atoms with van der Waals surface area (Å²) >= 11 is 0.589. The SMILES string of the molecule is CNC(=O)C(C)NS(=O)(=O)c1sc(=O)[nH]c1C. The smallest absolute Gasteiger partial charge is 0.305 e. The van der Waals surface area contributed by atoms with E-state index in [1.807, 2.05) is 0 Å². The fourth-order valence-electron chi connectivity index (χ4n) is 1.20. The summed E-state index contributed by atoms with van der Waals surface area (Å²) in [5.41, 5.74) is 0.261. The Morgan fingerprint density at radius 3 is 2.47 bits per heavy atom. The number of carbonyl (C=O) groups excluding carboxylic acids is 1. The Morgan fingerprint density at radius 1 is 1.47 bits per heavy atom. The molecule has 0 bridgehead atoms. The van der Waals surface area contributed by atoms with Crippen LogP contribution in [0.1, 0.15) is 12.6 Å². The van der Waals surface area contributed by atoms with E-state index in [1.165, 1.54) is 20.9 Å². The minimum atomic E-state index is -3.85. The van der Waals surface area contributed by atoms with E-state index >= 15 is 0 Å². The van der Waals surface area contributed by atoms with E-state index in [-0.39, 0.29) is 9.90 Å². The Bertz CT molecular complexity index is 572. The topological polar surface area (TPSA) is 108 Å². The minimum absolute atomic E-state index is 0.0988. The summed E-state index contributed by atoms with van der Waals surface area (Å²) in [5.74, 6) is -0.450. The van der Waals surface area contributed by atoms with Gasteiger partial charge in [-0.1, -0.05) is 11.3 Å². The van der Waals surface area contributed by atoms with Crippen LogP contribution in [0, 0.1) is 6.92 Å². The third-order valence-corrected chi connectivity index (χ3v) is 5.14. The maximum absolute atomic E-state index is 11.9. The van der Waals surface area contributed by atoms with Gasteiger partial charge in [-0.3, -0.25) is 9.59 Å². The molecular weight excluding hydrogens is 266 g/mol. The molecule has 17 heavy (non-hydrogen) atoms. The van der Waals surface area contributed by atoms with Crippen molar-refractivity contribution in [1.29, 1.82) is 0 Å². The largest absolute Gasteiger partial charge is 0.358 e. The van der Waals surface area contributed by atoms with E-state index in [0.717, 1.165) is 0 Å². The van der Waals surface area contributed by atoms with Crippen molar-refractivity contribution in [1.82, 2.24) is 15.0 Å². The highest BCUT2D eigenvalue weighted by Crippen LogP contribution is 2.15. The number of thiazole rings is 1. The lowest BCUT2D eigenvalue weighted by Gasteiger charge is -2.11. The second-order valence-corrected chi connectivity index (χ2v) is 6.28. The van der Waals surface area contributed by atoms with Crippen molar-refractivity contribution in [3.63, 3.8) is 0 Å². The molecule has 0 radical (unpaired) electrons. The van der Waals surface area contributed by atoms with Crippen LogP contribution in [0.15, 0.2) is 9.00 Å². The van der Waals surface area contributed by atoms with E-state index < -0.39 is 26.8 Å². The van der Waals surface area contributed by atoms with Crippen LogP contribution in [0.3, 0.4) is 0 Å². The zero-order chi connectivity index (χ0) is 13.2. The van der Waals surface area contributed by atoms with Crippen molar-refractivity contribution in [3.8, 4) is 0 Å². The molecule has 7 nitrogen and oxygen atoms in total. The number of H-pyrrole nitrogens is 1. The highest BCUT2D eigenvalue weighted by Gasteiger charge is 2.25. The van der Waals surface area contributed by atoms with Crippen LogP contribution in [-0.2, 0) is 14.8 Å². The zero-order valence-corrected chi connectivity index (χ0v) is 11.2. The van der Waals surface area contributed by atoms with Crippen LogP contribution >= 0.6 is 11.3 Å². The first-order valence-corrected chi connectivity index (χ1v) is 7.01. The first kappa shape index (κ1) is 13.9. The number of sulfonamides is 1. The number of hydrogen-bond donors (Lipinski definition) is 3. The zero-order valence-electron chi connectivity index (χ0n) is 9.53. The number of aryl methyl sites for hydroxylation is 1. The van der Waals surface area contributed by atoms with Crippen LogP contribution in [0.25, 0.3) is 0 Å². The van der Waals surface area contributed by atoms with Crippen molar-refractivity contribution < 1.29 is 13.2 Å². The molecule has 9 heteroatoms. The molecule has 1 amide bonds. The molecule has 0 aromatic carbocycles. The van der Waals surface area contributed by atoms with Crippen LogP contribution in [0.4, 0.5) is 0 Å². The van der Waals surface area contributed by atoms with Crippen LogP contribution in [0.2, 0.25) is 0 Å². The third-order valence-electron chi connectivity index (χ3n) is 2.00. The first-order chi connectivity index (χ1) is 7.77. The summed E-state index contributed by atoms with van der Waals surface area (Å²) in [6, 6.07) is -0.901. The van der Waals surface area contributed by atoms with Crippen molar-refractivity contribution >= 4 is 27.3 Å². The van der Waals surface area contributed by atoms with Gasteiger partial charge in [-0.05, 0) is 13.8 Å². The van der Waals surface area contributed by atoms with Gasteiger partial charge in [-0.2, -0.15) is 4.72 Å². The Balaban J connectivity index is 3.01. The van der Waals surface area contributed by atoms with E-state index in [2.05, 4.69) is 15.0 Å². The second-order valence-electron chi connectivity index (χ2n) is 3.38. The maximum Gasteiger partial charge on any atom is 0.305 e. The predicted molar refractivity (Wildman–Crippen MR) is 63.5 cm³/mol. The van der Waals surface area contributed by atoms with Gasteiger partial charge in [-0.25, -0.2) is 8.42 Å². The molecule has 0 saturated heterocycles. The minimum Gasteiger partial charge on any atom is -0.358 e. The molecule has 1 atom stereocenters. The molecule has 0 aliphatic heterocycles. The summed E-state index contributed by atoms with van der Waals surface area (Å²) in [5, 5.41) is 2.33. The molecule has 1 rings (SSSR count). The number of likely N-dealkylation sites (N-methyl/N-ethyl adjacent to an activating group) is 1. The molecule has 0 fully saturated rings. The summed E-state index contributed by atoms with van der Waals surface area (Å²) in [6.07, 6.45) is 0. The van der Waals surface area contributed by atoms with Gasteiger partial charge in [0.1, 0.15) is 0 Å². The Kier molecular flexibility index (Phi) is 4.07. The van der Waals surface area contributed by atoms with E-state index in [1.54, 1.807) is 0 Å². The second kappa shape index (κ2) is 4.98. The number of rotatable bonds is 4. The van der Waals surface area contributed by atoms with E-state index in [4.69, 9.17) is 0 Å². The van der Waals surface area contributed by atoms with Gasteiger partial charge in [-0.15, -0.1) is 0 Å². The standard InChI is InChI=1S/C8H13N3O4S2/c1-4(6(12)9-3)11-17(14,15)7-5(2)10-8(13)16-7/h4,11H,1-3H3,(H,9,12)(H,10,13). The maximum atomic E-state index is 11.9. The van der Waals surface area contributed by atoms with Crippen molar-refractivity contribution in [2.24, 2.45) is 0 Å². The van der Waals surface area contributed by atoms with Gasteiger partial charge in [0.15, 0.2) is 4.21 Å². The van der Waals surface area contributed by atoms with Crippen molar-refractivity contribution in [2.75, 3.05) is 7.05 Å². The molecule has 0 saturated carbocycles. The van der Waals surface area contributed by atoms with Crippen LogP contribution in [0.5, 0.6) is 0 Å². The normalized spacial score (nSPS) is 13.4. The highest BCUT2D eigenvalue weighted by molar-refractivity contribution is 7.91. The molecule has 96 valence electrons. The van der Waals surface area contributed by atoms with E-state index in [9.17, 15) is 18.0 Å². The molecule has 0 spiro atoms. The number of amides is 1. The number of carbonyl (C=O) groups is 1. The quantitative estimate of drug-likeness (QED) is 0.667. The summed E-state index contributed by atoms with van der Waals surface area (Å²) in [4.78, 5) is 24.2. The average molecular weight is 279 g/mol. The number of hydrogen-bond acceptors (Lipinski definition) is 5. The van der Waals surface area contributed by atoms with Gasteiger partial charge in [0.05, 0.1) is 6.04 Å². The molecule has 3 N–H and O–H groups in total. The highest BCUT2D eigenvalue weighted by atomic mass is 32.2. The molecule has 1 heterocycles. The number of aromatic amines is 1. The number of aromatic nitrogens is 1. The van der Waals surface area contributed by atoms with Gasteiger partial charge in [0.2, 0.25) is 5.91 Å². The van der Waals surface area contributed by atoms with Gasteiger partial charge in [0, 0.05) is 12.7 Å². The lowest BCUT2D eigenvalue weighted by atomic mass is 10.3. The summed E-state index contributed by atoms with van der Waals surface area (Å²) < 4.78 is 25.8. The third kappa shape index (κ3) is 3.14. The molecule has 1 aromatic heterocycles. The molecule has 0 aliphatic carbocycles. The molecule has 1 aromatic rings. The fraction of sp³-hybridized carbons (Fsp3) is 0.500. The lowest BCUT2D eigenvalue weighted by molar-refractivity contribution is -0.121. The molecular formula is C8H13N3O4S2. The molecule has 1 unspecified atom stereocenters. The Labute approximate surface area is 102 Å². The Morgan fingerprint density at radius 2 is 2.06 bits per heavy atom. The lowest BCUT2D eigenvalue weighted by Crippen LogP contribution is -2.43.